The molecule has 3 rings (SSSR count). The third-order valence-electron chi connectivity index (χ3n) is 4.67. The fraction of sp³-hybridized carbons (Fsp3) is 0.500. The van der Waals surface area contributed by atoms with Crippen LogP contribution in [0.15, 0.2) is 42.7 Å². The van der Waals surface area contributed by atoms with Crippen LogP contribution in [0, 0.1) is 0 Å². The Labute approximate surface area is 172 Å². The molecule has 0 aliphatic carbocycles. The number of hydrogen-bond donors (Lipinski definition) is 0. The molecule has 1 saturated heterocycles. The molecule has 29 heavy (non-hydrogen) atoms. The highest BCUT2D eigenvalue weighted by atomic mass is 16.6. The van der Waals surface area contributed by atoms with E-state index in [2.05, 4.69) is 14.9 Å². The molecule has 1 amide bonds. The van der Waals surface area contributed by atoms with E-state index in [1.54, 1.807) is 17.3 Å². The highest BCUT2D eigenvalue weighted by molar-refractivity contribution is 5.69. The maximum absolute atomic E-state index is 12.5. The lowest BCUT2D eigenvalue weighted by Crippen LogP contribution is -2.59. The number of benzene rings is 1. The summed E-state index contributed by atoms with van der Waals surface area (Å²) in [5, 5.41) is 0. The van der Waals surface area contributed by atoms with Gasteiger partial charge in [-0.3, -0.25) is 4.90 Å². The van der Waals surface area contributed by atoms with Crippen LogP contribution in [0.5, 0.6) is 5.75 Å². The van der Waals surface area contributed by atoms with Gasteiger partial charge < -0.3 is 14.4 Å². The molecular formula is C22H30N4O3. The van der Waals surface area contributed by atoms with Gasteiger partial charge in [0.15, 0.2) is 5.75 Å². The number of carbonyl (C=O) groups excluding carboxylic acids is 1. The first-order valence-electron chi connectivity index (χ1n) is 9.98. The van der Waals surface area contributed by atoms with Crippen LogP contribution in [-0.4, -0.2) is 51.7 Å². The quantitative estimate of drug-likeness (QED) is 0.778. The second-order valence-electron chi connectivity index (χ2n) is 8.48. The minimum absolute atomic E-state index is 0.00814. The Bertz CT molecular complexity index is 793. The number of ether oxygens (including phenoxy) is 2. The number of carbonyl (C=O) groups is 1. The van der Waals surface area contributed by atoms with Gasteiger partial charge in [-0.2, -0.15) is 0 Å². The van der Waals surface area contributed by atoms with Crippen LogP contribution in [0.4, 0.5) is 10.7 Å². The Kier molecular flexibility index (Phi) is 6.25. The van der Waals surface area contributed by atoms with Crippen molar-refractivity contribution in [2.45, 2.75) is 58.9 Å². The van der Waals surface area contributed by atoms with Crippen molar-refractivity contribution in [2.75, 3.05) is 18.0 Å². The van der Waals surface area contributed by atoms with Gasteiger partial charge in [-0.05, 0) is 40.2 Å². The van der Waals surface area contributed by atoms with Crippen molar-refractivity contribution in [3.8, 4) is 5.75 Å². The number of anilines is 1. The summed E-state index contributed by atoms with van der Waals surface area (Å²) in [7, 11) is 0. The fourth-order valence-corrected chi connectivity index (χ4v) is 3.45. The fourth-order valence-electron chi connectivity index (χ4n) is 3.45. The SMILES string of the molecule is CC1CN(c2ncc(OCc3ccccc3)cn2)CC(C)N1C(=O)OC(C)(C)C. The zero-order valence-electron chi connectivity index (χ0n) is 17.8. The molecule has 0 spiro atoms. The number of aromatic nitrogens is 2. The summed E-state index contributed by atoms with van der Waals surface area (Å²) in [6.07, 6.45) is 3.12. The zero-order valence-corrected chi connectivity index (χ0v) is 17.8. The molecule has 7 nitrogen and oxygen atoms in total. The summed E-state index contributed by atoms with van der Waals surface area (Å²) in [6.45, 7) is 11.4. The first-order valence-corrected chi connectivity index (χ1v) is 9.98. The Morgan fingerprint density at radius 2 is 1.66 bits per heavy atom. The number of hydrogen-bond acceptors (Lipinski definition) is 6. The summed E-state index contributed by atoms with van der Waals surface area (Å²) in [5.74, 6) is 1.27. The molecule has 2 aromatic rings. The second kappa shape index (κ2) is 8.68. The third kappa shape index (κ3) is 5.59. The number of piperazine rings is 1. The van der Waals surface area contributed by atoms with Gasteiger partial charge in [0.2, 0.25) is 5.95 Å². The number of nitrogens with zero attached hydrogens (tertiary/aromatic N) is 4. The largest absolute Gasteiger partial charge is 0.486 e. The number of amides is 1. The van der Waals surface area contributed by atoms with Gasteiger partial charge in [-0.1, -0.05) is 30.3 Å². The summed E-state index contributed by atoms with van der Waals surface area (Å²) >= 11 is 0. The van der Waals surface area contributed by atoms with E-state index in [1.807, 2.05) is 65.0 Å². The lowest BCUT2D eigenvalue weighted by Gasteiger charge is -2.44. The first kappa shape index (κ1) is 20.9. The van der Waals surface area contributed by atoms with Gasteiger partial charge in [-0.15, -0.1) is 0 Å². The van der Waals surface area contributed by atoms with Gasteiger partial charge >= 0.3 is 6.09 Å². The molecule has 1 aromatic heterocycles. The maximum atomic E-state index is 12.5. The van der Waals surface area contributed by atoms with Crippen LogP contribution in [0.3, 0.4) is 0 Å². The Hall–Kier alpha value is -2.83. The van der Waals surface area contributed by atoms with Crippen LogP contribution < -0.4 is 9.64 Å². The van der Waals surface area contributed by atoms with Crippen molar-refractivity contribution in [1.82, 2.24) is 14.9 Å². The molecule has 7 heteroatoms. The van der Waals surface area contributed by atoms with Crippen LogP contribution in [-0.2, 0) is 11.3 Å². The Morgan fingerprint density at radius 3 is 2.21 bits per heavy atom. The van der Waals surface area contributed by atoms with Gasteiger partial charge in [0, 0.05) is 13.1 Å². The molecule has 156 valence electrons. The van der Waals surface area contributed by atoms with Crippen molar-refractivity contribution in [3.63, 3.8) is 0 Å². The molecule has 0 radical (unpaired) electrons. The zero-order chi connectivity index (χ0) is 21.0. The van der Waals surface area contributed by atoms with Crippen molar-refractivity contribution >= 4 is 12.0 Å². The molecule has 1 aliphatic rings. The van der Waals surface area contributed by atoms with Gasteiger partial charge in [-0.25, -0.2) is 14.8 Å². The van der Waals surface area contributed by atoms with E-state index in [1.165, 1.54) is 0 Å². The summed E-state index contributed by atoms with van der Waals surface area (Å²) in [5.41, 5.74) is 0.587. The van der Waals surface area contributed by atoms with E-state index in [9.17, 15) is 4.79 Å². The minimum Gasteiger partial charge on any atom is -0.486 e. The predicted octanol–water partition coefficient (Wildman–Crippen LogP) is 3.89. The van der Waals surface area contributed by atoms with Crippen molar-refractivity contribution < 1.29 is 14.3 Å². The van der Waals surface area contributed by atoms with Crippen LogP contribution in [0.25, 0.3) is 0 Å². The molecule has 2 unspecified atom stereocenters. The van der Waals surface area contributed by atoms with Crippen molar-refractivity contribution in [1.29, 1.82) is 0 Å². The smallest absolute Gasteiger partial charge is 0.410 e. The predicted molar refractivity (Wildman–Crippen MR) is 112 cm³/mol. The lowest BCUT2D eigenvalue weighted by molar-refractivity contribution is 0.00554. The van der Waals surface area contributed by atoms with E-state index in [0.717, 1.165) is 5.56 Å². The van der Waals surface area contributed by atoms with E-state index < -0.39 is 5.60 Å². The van der Waals surface area contributed by atoms with E-state index >= 15 is 0 Å². The first-order chi connectivity index (χ1) is 13.7. The van der Waals surface area contributed by atoms with Crippen LogP contribution in [0.1, 0.15) is 40.2 Å². The van der Waals surface area contributed by atoms with Crippen LogP contribution >= 0.6 is 0 Å². The Morgan fingerprint density at radius 1 is 1.07 bits per heavy atom. The molecule has 0 saturated carbocycles. The van der Waals surface area contributed by atoms with Crippen molar-refractivity contribution in [3.05, 3.63) is 48.3 Å². The van der Waals surface area contributed by atoms with Gasteiger partial charge in [0.05, 0.1) is 24.5 Å². The molecule has 0 N–H and O–H groups in total. The topological polar surface area (TPSA) is 67.8 Å². The molecule has 1 aliphatic heterocycles. The van der Waals surface area contributed by atoms with Gasteiger partial charge in [0.25, 0.3) is 0 Å². The van der Waals surface area contributed by atoms with Crippen LogP contribution in [0.2, 0.25) is 0 Å². The number of rotatable bonds is 4. The standard InChI is InChI=1S/C22H30N4O3/c1-16-13-25(14-17(2)26(16)21(27)29-22(3,4)5)20-23-11-19(12-24-20)28-15-18-9-7-6-8-10-18/h6-12,16-17H,13-15H2,1-5H3. The lowest BCUT2D eigenvalue weighted by atomic mass is 10.1. The van der Waals surface area contributed by atoms with E-state index in [0.29, 0.717) is 31.4 Å². The maximum Gasteiger partial charge on any atom is 0.410 e. The highest BCUT2D eigenvalue weighted by Crippen LogP contribution is 2.23. The van der Waals surface area contributed by atoms with E-state index in [4.69, 9.17) is 9.47 Å². The average molecular weight is 399 g/mol. The summed E-state index contributed by atoms with van der Waals surface area (Å²) in [4.78, 5) is 25.4. The highest BCUT2D eigenvalue weighted by Gasteiger charge is 2.36. The molecule has 2 heterocycles. The molecule has 2 atom stereocenters. The average Bonchev–Trinajstić information content (AvgIpc) is 2.65. The molecule has 0 bridgehead atoms. The third-order valence-corrected chi connectivity index (χ3v) is 4.67. The molecular weight excluding hydrogens is 368 g/mol. The van der Waals surface area contributed by atoms with E-state index in [-0.39, 0.29) is 18.2 Å². The minimum atomic E-state index is -0.508. The Balaban J connectivity index is 1.59. The summed E-state index contributed by atoms with van der Waals surface area (Å²) in [6, 6.07) is 9.96. The summed E-state index contributed by atoms with van der Waals surface area (Å²) < 4.78 is 11.3. The molecule has 1 aromatic carbocycles. The monoisotopic (exact) mass is 398 g/mol. The van der Waals surface area contributed by atoms with Gasteiger partial charge in [0.1, 0.15) is 12.2 Å². The molecule has 1 fully saturated rings. The second-order valence-corrected chi connectivity index (χ2v) is 8.48. The normalized spacial score (nSPS) is 19.8. The van der Waals surface area contributed by atoms with Crippen molar-refractivity contribution in [2.24, 2.45) is 0 Å².